The second kappa shape index (κ2) is 11.3. The summed E-state index contributed by atoms with van der Waals surface area (Å²) >= 11 is 0. The lowest BCUT2D eigenvalue weighted by atomic mass is 10.2. The van der Waals surface area contributed by atoms with E-state index in [4.69, 9.17) is 9.47 Å². The van der Waals surface area contributed by atoms with Crippen molar-refractivity contribution in [1.29, 1.82) is 0 Å². The molecule has 0 saturated heterocycles. The minimum atomic E-state index is -0.769. The monoisotopic (exact) mass is 340 g/mol. The average molecular weight is 340 g/mol. The maximum absolute atomic E-state index is 12.4. The van der Waals surface area contributed by atoms with Crippen LogP contribution in [-0.4, -0.2) is 67.2 Å². The second-order valence-corrected chi connectivity index (χ2v) is 5.35. The summed E-state index contributed by atoms with van der Waals surface area (Å²) in [6.45, 7) is 10.6. The van der Waals surface area contributed by atoms with E-state index in [9.17, 15) is 14.4 Å². The van der Waals surface area contributed by atoms with Gasteiger partial charge in [0.05, 0.1) is 13.2 Å². The highest BCUT2D eigenvalue weighted by Gasteiger charge is 2.31. The number of ether oxygens (including phenoxy) is 2. The first-order chi connectivity index (χ1) is 11.3. The topological polar surface area (TPSA) is 76.2 Å². The second-order valence-electron chi connectivity index (χ2n) is 5.35. The third-order valence-corrected chi connectivity index (χ3v) is 3.61. The van der Waals surface area contributed by atoms with Crippen LogP contribution in [0.2, 0.25) is 0 Å². The van der Waals surface area contributed by atoms with Crippen molar-refractivity contribution in [1.82, 2.24) is 9.80 Å². The third kappa shape index (κ3) is 6.85. The highest BCUT2D eigenvalue weighted by Crippen LogP contribution is 2.08. The van der Waals surface area contributed by atoms with Crippen LogP contribution >= 0.6 is 0 Å². The lowest BCUT2D eigenvalue weighted by molar-refractivity contribution is -0.154. The van der Waals surface area contributed by atoms with E-state index < -0.39 is 24.1 Å². The summed E-state index contributed by atoms with van der Waals surface area (Å²) in [5.41, 5.74) is 0. The van der Waals surface area contributed by atoms with Crippen molar-refractivity contribution < 1.29 is 23.9 Å². The van der Waals surface area contributed by atoms with Crippen LogP contribution in [0.4, 0.5) is 4.79 Å². The number of amides is 2. The molecule has 0 N–H and O–H groups in total. The lowest BCUT2D eigenvalue weighted by Gasteiger charge is -2.30. The average Bonchev–Trinajstić information content (AvgIpc) is 2.58. The molecule has 0 saturated carbocycles. The molecule has 7 heteroatoms. The van der Waals surface area contributed by atoms with Gasteiger partial charge in [-0.3, -0.25) is 9.69 Å². The molecule has 2 atom stereocenters. The predicted molar refractivity (Wildman–Crippen MR) is 91.4 cm³/mol. The molecule has 0 aliphatic rings. The van der Waals surface area contributed by atoms with Crippen LogP contribution < -0.4 is 0 Å². The molecule has 2 amide bonds. The number of likely N-dealkylation sites (N-methyl/N-ethyl adjacent to an activating group) is 2. The van der Waals surface area contributed by atoms with Crippen molar-refractivity contribution in [2.75, 3.05) is 27.3 Å². The number of esters is 1. The molecule has 0 aliphatic carbocycles. The van der Waals surface area contributed by atoms with Crippen LogP contribution in [0, 0.1) is 0 Å². The van der Waals surface area contributed by atoms with Crippen LogP contribution in [0.25, 0.3) is 0 Å². The first-order valence-corrected chi connectivity index (χ1v) is 7.82. The Morgan fingerprint density at radius 2 is 1.42 bits per heavy atom. The third-order valence-electron chi connectivity index (χ3n) is 3.61. The van der Waals surface area contributed by atoms with Crippen LogP contribution in [0.5, 0.6) is 0 Å². The number of nitrogens with zero attached hydrogens (tertiary/aromatic N) is 2. The minimum Gasteiger partial charge on any atom is -0.464 e. The molecular weight excluding hydrogens is 312 g/mol. The highest BCUT2D eigenvalue weighted by atomic mass is 16.6. The standard InChI is InChI=1S/C17H28N2O5/c1-7-9-11-23-16(21)14(4)18(5)15(20)13(3)19(6)17(22)24-12-10-8-2/h7-8,13-14H,1-2,9-12H2,3-6H3. The van der Waals surface area contributed by atoms with E-state index in [-0.39, 0.29) is 19.1 Å². The minimum absolute atomic E-state index is 0.204. The zero-order valence-corrected chi connectivity index (χ0v) is 15.0. The van der Waals surface area contributed by atoms with Gasteiger partial charge < -0.3 is 14.4 Å². The van der Waals surface area contributed by atoms with Crippen LogP contribution in [0.1, 0.15) is 26.7 Å². The lowest BCUT2D eigenvalue weighted by Crippen LogP contribution is -2.51. The summed E-state index contributed by atoms with van der Waals surface area (Å²) in [4.78, 5) is 38.6. The molecule has 0 aliphatic heterocycles. The Hall–Kier alpha value is -2.31. The Bertz CT molecular complexity index is 424. The van der Waals surface area contributed by atoms with E-state index in [0.29, 0.717) is 12.8 Å². The summed E-state index contributed by atoms with van der Waals surface area (Å²) in [7, 11) is 2.97. The molecule has 0 fully saturated rings. The van der Waals surface area contributed by atoms with Gasteiger partial charge in [-0.2, -0.15) is 0 Å². The number of hydrogen-bond donors (Lipinski definition) is 0. The van der Waals surface area contributed by atoms with E-state index in [1.165, 1.54) is 23.9 Å². The number of carbonyl (C=O) groups is 3. The van der Waals surface area contributed by atoms with Crippen LogP contribution in [0.15, 0.2) is 25.3 Å². The normalized spacial score (nSPS) is 12.5. The van der Waals surface area contributed by atoms with E-state index in [1.807, 2.05) is 0 Å². The first-order valence-electron chi connectivity index (χ1n) is 7.82. The predicted octanol–water partition coefficient (Wildman–Crippen LogP) is 1.99. The van der Waals surface area contributed by atoms with Gasteiger partial charge in [-0.15, -0.1) is 13.2 Å². The molecule has 0 aromatic rings. The zero-order chi connectivity index (χ0) is 18.7. The zero-order valence-electron chi connectivity index (χ0n) is 15.0. The molecule has 24 heavy (non-hydrogen) atoms. The fourth-order valence-electron chi connectivity index (χ4n) is 1.66. The SMILES string of the molecule is C=CCCOC(=O)C(C)N(C)C(=O)C(C)N(C)C(=O)OCCC=C. The Kier molecular flexibility index (Phi) is 10.2. The molecule has 2 unspecified atom stereocenters. The molecule has 0 aromatic heterocycles. The summed E-state index contributed by atoms with van der Waals surface area (Å²) in [6, 6.07) is -1.52. The van der Waals surface area contributed by atoms with Gasteiger partial charge in [0.1, 0.15) is 12.1 Å². The quantitative estimate of drug-likeness (QED) is 0.345. The highest BCUT2D eigenvalue weighted by molar-refractivity contribution is 5.89. The van der Waals surface area contributed by atoms with Crippen molar-refractivity contribution in [3.63, 3.8) is 0 Å². The van der Waals surface area contributed by atoms with Gasteiger partial charge in [0.2, 0.25) is 5.91 Å². The van der Waals surface area contributed by atoms with Crippen molar-refractivity contribution in [3.05, 3.63) is 25.3 Å². The van der Waals surface area contributed by atoms with Gasteiger partial charge in [-0.25, -0.2) is 9.59 Å². The molecule has 7 nitrogen and oxygen atoms in total. The number of hydrogen-bond acceptors (Lipinski definition) is 5. The van der Waals surface area contributed by atoms with Gasteiger partial charge >= 0.3 is 12.1 Å². The summed E-state index contributed by atoms with van der Waals surface area (Å²) in [5, 5.41) is 0. The van der Waals surface area contributed by atoms with E-state index in [2.05, 4.69) is 13.2 Å². The van der Waals surface area contributed by atoms with Gasteiger partial charge in [-0.1, -0.05) is 12.2 Å². The summed E-state index contributed by atoms with van der Waals surface area (Å²) in [6.07, 6.45) is 3.76. The Balaban J connectivity index is 4.62. The van der Waals surface area contributed by atoms with E-state index in [0.717, 1.165) is 0 Å². The van der Waals surface area contributed by atoms with E-state index >= 15 is 0 Å². The first kappa shape index (κ1) is 21.7. The molecule has 0 bridgehead atoms. The maximum atomic E-state index is 12.4. The van der Waals surface area contributed by atoms with Crippen molar-refractivity contribution in [2.45, 2.75) is 38.8 Å². The fraction of sp³-hybridized carbons (Fsp3) is 0.588. The van der Waals surface area contributed by atoms with E-state index in [1.54, 1.807) is 26.0 Å². The van der Waals surface area contributed by atoms with Crippen LogP contribution in [0.3, 0.4) is 0 Å². The smallest absolute Gasteiger partial charge is 0.410 e. The van der Waals surface area contributed by atoms with Crippen LogP contribution in [-0.2, 0) is 19.1 Å². The largest absolute Gasteiger partial charge is 0.464 e. The fourth-order valence-corrected chi connectivity index (χ4v) is 1.66. The maximum Gasteiger partial charge on any atom is 0.410 e. The van der Waals surface area contributed by atoms with Gasteiger partial charge in [0.25, 0.3) is 0 Å². The summed E-state index contributed by atoms with van der Waals surface area (Å²) in [5.74, 6) is -0.887. The molecule has 0 aromatic carbocycles. The summed E-state index contributed by atoms with van der Waals surface area (Å²) < 4.78 is 10.1. The van der Waals surface area contributed by atoms with Crippen molar-refractivity contribution in [3.8, 4) is 0 Å². The molecule has 0 heterocycles. The molecular formula is C17H28N2O5. The van der Waals surface area contributed by atoms with Crippen molar-refractivity contribution in [2.24, 2.45) is 0 Å². The van der Waals surface area contributed by atoms with Gasteiger partial charge in [0, 0.05) is 14.1 Å². The molecule has 0 rings (SSSR count). The van der Waals surface area contributed by atoms with Gasteiger partial charge in [-0.05, 0) is 26.7 Å². The Morgan fingerprint density at radius 1 is 0.917 bits per heavy atom. The van der Waals surface area contributed by atoms with Crippen molar-refractivity contribution >= 4 is 18.0 Å². The number of carbonyl (C=O) groups excluding carboxylic acids is 3. The molecule has 0 spiro atoms. The Labute approximate surface area is 143 Å². The molecule has 0 radical (unpaired) electrons. The van der Waals surface area contributed by atoms with Gasteiger partial charge in [0.15, 0.2) is 0 Å². The molecule has 136 valence electrons. The number of rotatable bonds is 10. The Morgan fingerprint density at radius 3 is 1.92 bits per heavy atom.